The Labute approximate surface area is 184 Å². The largest absolute Gasteiger partial charge is 0.345 e. The van der Waals surface area contributed by atoms with Gasteiger partial charge >= 0.3 is 0 Å². The summed E-state index contributed by atoms with van der Waals surface area (Å²) in [6, 6.07) is 20.5. The molecule has 6 nitrogen and oxygen atoms in total. The second-order valence-electron chi connectivity index (χ2n) is 8.24. The normalized spacial score (nSPS) is 16.4. The number of nitrogens with one attached hydrogen (secondary N) is 1. The molecule has 0 aromatic heterocycles. The van der Waals surface area contributed by atoms with Crippen LogP contribution >= 0.6 is 0 Å². The summed E-state index contributed by atoms with van der Waals surface area (Å²) in [5.41, 5.74) is 1.48. The van der Waals surface area contributed by atoms with E-state index in [0.29, 0.717) is 31.7 Å². The van der Waals surface area contributed by atoms with Crippen LogP contribution in [0.1, 0.15) is 42.2 Å². The molecule has 1 saturated heterocycles. The highest BCUT2D eigenvalue weighted by Gasteiger charge is 2.29. The summed E-state index contributed by atoms with van der Waals surface area (Å²) in [4.78, 5) is 29.8. The first-order valence-electron chi connectivity index (χ1n) is 10.8. The third-order valence-electron chi connectivity index (χ3n) is 5.75. The van der Waals surface area contributed by atoms with Crippen LogP contribution in [0.25, 0.3) is 0 Å². The number of nitriles is 1. The molecule has 0 bridgehead atoms. The van der Waals surface area contributed by atoms with Crippen LogP contribution < -0.4 is 5.32 Å². The second kappa shape index (κ2) is 10.7. The number of nitrogens with zero attached hydrogens (tertiary/aromatic N) is 3. The average molecular weight is 419 g/mol. The van der Waals surface area contributed by atoms with Crippen molar-refractivity contribution in [1.82, 2.24) is 15.1 Å². The molecule has 2 amide bonds. The fraction of sp³-hybridized carbons (Fsp3) is 0.400. The highest BCUT2D eigenvalue weighted by atomic mass is 16.2. The van der Waals surface area contributed by atoms with Gasteiger partial charge in [-0.25, -0.2) is 0 Å². The van der Waals surface area contributed by atoms with Crippen molar-refractivity contribution < 1.29 is 9.59 Å². The molecule has 1 aliphatic heterocycles. The van der Waals surface area contributed by atoms with Crippen molar-refractivity contribution in [3.05, 3.63) is 71.8 Å². The zero-order chi connectivity index (χ0) is 22.2. The Kier molecular flexibility index (Phi) is 7.80. The molecule has 0 aliphatic carbocycles. The lowest BCUT2D eigenvalue weighted by Gasteiger charge is -2.38. The third kappa shape index (κ3) is 5.93. The maximum absolute atomic E-state index is 13.1. The topological polar surface area (TPSA) is 76.4 Å². The minimum absolute atomic E-state index is 0.0138. The zero-order valence-electron chi connectivity index (χ0n) is 18.2. The van der Waals surface area contributed by atoms with Crippen LogP contribution in [0.15, 0.2) is 60.7 Å². The van der Waals surface area contributed by atoms with Crippen LogP contribution in [0.3, 0.4) is 0 Å². The summed E-state index contributed by atoms with van der Waals surface area (Å²) in [6.07, 6.45) is 0.203. The van der Waals surface area contributed by atoms with Gasteiger partial charge in [-0.3, -0.25) is 14.5 Å². The van der Waals surface area contributed by atoms with Crippen LogP contribution in [0.4, 0.5) is 0 Å². The molecule has 0 spiro atoms. The van der Waals surface area contributed by atoms with Gasteiger partial charge < -0.3 is 10.2 Å². The molecule has 6 heteroatoms. The van der Waals surface area contributed by atoms with E-state index >= 15 is 0 Å². The fourth-order valence-electron chi connectivity index (χ4n) is 3.97. The zero-order valence-corrected chi connectivity index (χ0v) is 18.2. The first-order valence-corrected chi connectivity index (χ1v) is 10.8. The highest BCUT2D eigenvalue weighted by Crippen LogP contribution is 2.20. The Balaban J connectivity index is 1.65. The molecule has 3 rings (SSSR count). The van der Waals surface area contributed by atoms with Crippen LogP contribution in [0, 0.1) is 17.2 Å². The fourth-order valence-corrected chi connectivity index (χ4v) is 3.97. The van der Waals surface area contributed by atoms with Crippen LogP contribution in [0.5, 0.6) is 0 Å². The van der Waals surface area contributed by atoms with Gasteiger partial charge in [0.05, 0.1) is 18.5 Å². The highest BCUT2D eigenvalue weighted by molar-refractivity contribution is 5.94. The van der Waals surface area contributed by atoms with Gasteiger partial charge in [-0.15, -0.1) is 0 Å². The van der Waals surface area contributed by atoms with Crippen molar-refractivity contribution in [2.75, 3.05) is 26.2 Å². The van der Waals surface area contributed by atoms with E-state index in [1.165, 1.54) is 0 Å². The third-order valence-corrected chi connectivity index (χ3v) is 5.75. The molecule has 2 aromatic carbocycles. The van der Waals surface area contributed by atoms with Crippen molar-refractivity contribution >= 4 is 11.8 Å². The Hall–Kier alpha value is -3.17. The predicted octanol–water partition coefficient (Wildman–Crippen LogP) is 3.24. The molecule has 1 aliphatic rings. The number of hydrogen-bond acceptors (Lipinski definition) is 4. The number of carbonyl (C=O) groups excluding carboxylic acids is 2. The maximum atomic E-state index is 13.1. The Bertz CT molecular complexity index is 900. The summed E-state index contributed by atoms with van der Waals surface area (Å²) in [5.74, 6) is 0.0729. The molecule has 1 fully saturated rings. The first kappa shape index (κ1) is 22.5. The smallest absolute Gasteiger partial charge is 0.251 e. The number of amides is 2. The van der Waals surface area contributed by atoms with Crippen molar-refractivity contribution in [3.8, 4) is 6.07 Å². The Morgan fingerprint density at radius 3 is 2.10 bits per heavy atom. The van der Waals surface area contributed by atoms with Gasteiger partial charge in [-0.2, -0.15) is 5.26 Å². The van der Waals surface area contributed by atoms with E-state index in [1.807, 2.05) is 67.3 Å². The number of hydrogen-bond donors (Lipinski definition) is 1. The van der Waals surface area contributed by atoms with E-state index in [-0.39, 0.29) is 30.2 Å². The predicted molar refractivity (Wildman–Crippen MR) is 120 cm³/mol. The standard InChI is InChI=1S/C25H30N4O2/c1-19(2)23(18-26)28-13-15-29(16-14-28)24(30)17-22(20-9-5-3-6-10-20)27-25(31)21-11-7-4-8-12-21/h3-12,19,22-23H,13-17H2,1-2H3,(H,27,31). The van der Waals surface area contributed by atoms with Gasteiger partial charge in [0, 0.05) is 31.7 Å². The van der Waals surface area contributed by atoms with Gasteiger partial charge in [0.2, 0.25) is 5.91 Å². The first-order chi connectivity index (χ1) is 15.0. The lowest BCUT2D eigenvalue weighted by molar-refractivity contribution is -0.133. The molecule has 2 atom stereocenters. The van der Waals surface area contributed by atoms with Crippen LogP contribution in [-0.4, -0.2) is 53.8 Å². The molecule has 1 N–H and O–H groups in total. The maximum Gasteiger partial charge on any atom is 0.251 e. The van der Waals surface area contributed by atoms with E-state index in [1.54, 1.807) is 12.1 Å². The minimum atomic E-state index is -0.401. The molecule has 31 heavy (non-hydrogen) atoms. The van der Waals surface area contributed by atoms with E-state index < -0.39 is 6.04 Å². The molecule has 0 radical (unpaired) electrons. The lowest BCUT2D eigenvalue weighted by Crippen LogP contribution is -2.53. The van der Waals surface area contributed by atoms with E-state index in [4.69, 9.17) is 0 Å². The quantitative estimate of drug-likeness (QED) is 0.749. The molecular weight excluding hydrogens is 388 g/mol. The second-order valence-corrected chi connectivity index (χ2v) is 8.24. The molecular formula is C25H30N4O2. The van der Waals surface area contributed by atoms with Crippen LogP contribution in [-0.2, 0) is 4.79 Å². The van der Waals surface area contributed by atoms with Crippen molar-refractivity contribution in [2.45, 2.75) is 32.4 Å². The van der Waals surface area contributed by atoms with Crippen LogP contribution in [0.2, 0.25) is 0 Å². The summed E-state index contributed by atoms with van der Waals surface area (Å²) in [7, 11) is 0. The van der Waals surface area contributed by atoms with Crippen molar-refractivity contribution in [2.24, 2.45) is 5.92 Å². The van der Waals surface area contributed by atoms with E-state index in [2.05, 4.69) is 16.3 Å². The summed E-state index contributed by atoms with van der Waals surface area (Å²) in [5, 5.41) is 12.5. The lowest BCUT2D eigenvalue weighted by atomic mass is 10.0. The van der Waals surface area contributed by atoms with Crippen molar-refractivity contribution in [1.29, 1.82) is 5.26 Å². The number of piperazine rings is 1. The van der Waals surface area contributed by atoms with E-state index in [9.17, 15) is 14.9 Å². The SMILES string of the molecule is CC(C)C(C#N)N1CCN(C(=O)CC(NC(=O)c2ccccc2)c2ccccc2)CC1. The van der Waals surface area contributed by atoms with Gasteiger partial charge in [-0.1, -0.05) is 62.4 Å². The summed E-state index contributed by atoms with van der Waals surface area (Å²) in [6.45, 7) is 6.66. The summed E-state index contributed by atoms with van der Waals surface area (Å²) < 4.78 is 0. The van der Waals surface area contributed by atoms with Gasteiger partial charge in [0.1, 0.15) is 6.04 Å². The molecule has 0 saturated carbocycles. The van der Waals surface area contributed by atoms with Gasteiger partial charge in [0.15, 0.2) is 0 Å². The number of benzene rings is 2. The minimum Gasteiger partial charge on any atom is -0.345 e. The average Bonchev–Trinajstić information content (AvgIpc) is 2.80. The summed E-state index contributed by atoms with van der Waals surface area (Å²) >= 11 is 0. The molecule has 2 unspecified atom stereocenters. The van der Waals surface area contributed by atoms with Gasteiger partial charge in [-0.05, 0) is 23.6 Å². The van der Waals surface area contributed by atoms with E-state index in [0.717, 1.165) is 5.56 Å². The molecule has 2 aromatic rings. The Morgan fingerprint density at radius 1 is 0.968 bits per heavy atom. The van der Waals surface area contributed by atoms with Crippen molar-refractivity contribution in [3.63, 3.8) is 0 Å². The number of carbonyl (C=O) groups is 2. The van der Waals surface area contributed by atoms with Gasteiger partial charge in [0.25, 0.3) is 5.91 Å². The number of rotatable bonds is 7. The molecule has 1 heterocycles. The molecule has 162 valence electrons. The Morgan fingerprint density at radius 2 is 1.55 bits per heavy atom. The monoisotopic (exact) mass is 418 g/mol.